The lowest BCUT2D eigenvalue weighted by Gasteiger charge is -2.23. The molecule has 0 fully saturated rings. The summed E-state index contributed by atoms with van der Waals surface area (Å²) in [6.07, 6.45) is -4.69. The van der Waals surface area contributed by atoms with Crippen LogP contribution in [0.3, 0.4) is 0 Å². The van der Waals surface area contributed by atoms with Gasteiger partial charge in [0.25, 0.3) is 0 Å². The van der Waals surface area contributed by atoms with Crippen molar-refractivity contribution in [2.45, 2.75) is 50.8 Å². The summed E-state index contributed by atoms with van der Waals surface area (Å²) in [5.41, 5.74) is 17.9. The van der Waals surface area contributed by atoms with E-state index in [0.717, 1.165) is 12.1 Å². The predicted octanol–water partition coefficient (Wildman–Crippen LogP) is 0.219. The van der Waals surface area contributed by atoms with Gasteiger partial charge in [0.2, 0.25) is 11.8 Å². The second kappa shape index (κ2) is 15.5. The Kier molecular flexibility index (Phi) is 12.8. The minimum absolute atomic E-state index is 0.00787. The zero-order chi connectivity index (χ0) is 29.9. The summed E-state index contributed by atoms with van der Waals surface area (Å²) >= 11 is 0. The smallest absolute Gasteiger partial charge is 0.416 e. The number of hydrogen-bond acceptors (Lipinski definition) is 7. The molecule has 0 heterocycles. The number of benzene rings is 2. The van der Waals surface area contributed by atoms with Crippen LogP contribution in [0, 0.1) is 0 Å². The van der Waals surface area contributed by atoms with E-state index in [2.05, 4.69) is 5.32 Å². The summed E-state index contributed by atoms with van der Waals surface area (Å²) in [6.45, 7) is 1.99. The Balaban J connectivity index is 2.16. The summed E-state index contributed by atoms with van der Waals surface area (Å²) < 4.78 is 39.0. The molecule has 0 spiro atoms. The van der Waals surface area contributed by atoms with Crippen molar-refractivity contribution in [1.82, 2.24) is 10.2 Å². The molecule has 0 aliphatic carbocycles. The van der Waals surface area contributed by atoms with Crippen molar-refractivity contribution in [3.63, 3.8) is 0 Å². The number of Topliss-reactive ketones (excluding diaryl/α,β-unsaturated/α-hetero) is 1. The number of carbonyl (C=O) groups excluding carboxylic acids is 3. The minimum atomic E-state index is -4.51. The molecule has 2 aromatic carbocycles. The fourth-order valence-electron chi connectivity index (χ4n) is 4.12. The van der Waals surface area contributed by atoms with E-state index < -0.39 is 42.4 Å². The van der Waals surface area contributed by atoms with Gasteiger partial charge in [0.15, 0.2) is 5.78 Å². The number of halogens is 3. The first kappa shape index (κ1) is 33.0. The van der Waals surface area contributed by atoms with Gasteiger partial charge in [-0.2, -0.15) is 13.2 Å². The van der Waals surface area contributed by atoms with Gasteiger partial charge in [0, 0.05) is 39.0 Å². The number of nitrogens with two attached hydrogens (primary N) is 3. The molecule has 0 saturated carbocycles. The fourth-order valence-corrected chi connectivity index (χ4v) is 4.12. The van der Waals surface area contributed by atoms with Gasteiger partial charge >= 0.3 is 13.1 Å². The lowest BCUT2D eigenvalue weighted by Crippen LogP contribution is -2.50. The standard InChI is InChI=1S/C27H37BF3N5O4/c1-28(40)21-4-2-3-19(15-21)17-24(37)23(16-18-5-7-20(8-6-18)27(29,30)31)35-26(39)22(34)9-10-25(38)36(13-11-32)14-12-33/h2-8,15,22-23,40H,9-14,16-17,32-34H2,1H3,(H,35,39)/t22-,23+/m0/s1. The molecule has 0 aromatic heterocycles. The molecule has 2 aromatic rings. The van der Waals surface area contributed by atoms with E-state index in [1.807, 2.05) is 0 Å². The molecular weight excluding hydrogens is 526 g/mol. The van der Waals surface area contributed by atoms with E-state index in [4.69, 9.17) is 17.2 Å². The SMILES string of the molecule is CB(O)c1cccc(CC(=O)[C@@H](Cc2ccc(C(F)(F)F)cc2)NC(=O)[C@@H](N)CCC(=O)N(CCN)CCN)c1. The third kappa shape index (κ3) is 10.4. The van der Waals surface area contributed by atoms with Crippen LogP contribution in [0.4, 0.5) is 13.2 Å². The summed E-state index contributed by atoms with van der Waals surface area (Å²) in [6, 6.07) is 8.92. The first-order chi connectivity index (χ1) is 18.8. The molecule has 0 unspecified atom stereocenters. The zero-order valence-electron chi connectivity index (χ0n) is 22.5. The van der Waals surface area contributed by atoms with Crippen LogP contribution in [0.1, 0.15) is 29.5 Å². The highest BCUT2D eigenvalue weighted by molar-refractivity contribution is 6.64. The molecule has 40 heavy (non-hydrogen) atoms. The zero-order valence-corrected chi connectivity index (χ0v) is 22.5. The van der Waals surface area contributed by atoms with Crippen molar-refractivity contribution < 1.29 is 32.6 Å². The van der Waals surface area contributed by atoms with Crippen LogP contribution >= 0.6 is 0 Å². The van der Waals surface area contributed by atoms with Crippen molar-refractivity contribution in [2.75, 3.05) is 26.2 Å². The maximum absolute atomic E-state index is 13.3. The highest BCUT2D eigenvalue weighted by Crippen LogP contribution is 2.29. The Hall–Kier alpha value is -3.26. The molecular formula is C27H37BF3N5O4. The van der Waals surface area contributed by atoms with Crippen LogP contribution in [0.25, 0.3) is 0 Å². The Morgan fingerprint density at radius 2 is 1.65 bits per heavy atom. The molecule has 0 radical (unpaired) electrons. The van der Waals surface area contributed by atoms with Gasteiger partial charge in [-0.15, -0.1) is 0 Å². The number of ketones is 1. The van der Waals surface area contributed by atoms with Crippen molar-refractivity contribution in [3.8, 4) is 0 Å². The summed E-state index contributed by atoms with van der Waals surface area (Å²) in [4.78, 5) is 40.2. The summed E-state index contributed by atoms with van der Waals surface area (Å²) in [5, 5.41) is 12.5. The van der Waals surface area contributed by atoms with Gasteiger partial charge in [-0.3, -0.25) is 14.4 Å². The largest absolute Gasteiger partial charge is 0.447 e. The van der Waals surface area contributed by atoms with Crippen LogP contribution in [-0.4, -0.2) is 72.7 Å². The van der Waals surface area contributed by atoms with E-state index in [1.165, 1.54) is 17.0 Å². The summed E-state index contributed by atoms with van der Waals surface area (Å²) in [5.74, 6) is -1.31. The molecule has 0 bridgehead atoms. The van der Waals surface area contributed by atoms with E-state index in [-0.39, 0.29) is 44.7 Å². The average molecular weight is 563 g/mol. The number of nitrogens with zero attached hydrogens (tertiary/aromatic N) is 1. The maximum atomic E-state index is 13.3. The lowest BCUT2D eigenvalue weighted by atomic mass is 9.64. The van der Waals surface area contributed by atoms with Crippen molar-refractivity contribution >= 4 is 30.0 Å². The van der Waals surface area contributed by atoms with Crippen LogP contribution in [0.15, 0.2) is 48.5 Å². The monoisotopic (exact) mass is 563 g/mol. The third-order valence-electron chi connectivity index (χ3n) is 6.39. The molecule has 0 saturated heterocycles. The second-order valence-corrected chi connectivity index (χ2v) is 9.63. The van der Waals surface area contributed by atoms with Gasteiger partial charge in [0.1, 0.15) is 0 Å². The van der Waals surface area contributed by atoms with Crippen LogP contribution in [-0.2, 0) is 33.4 Å². The highest BCUT2D eigenvalue weighted by atomic mass is 19.4. The van der Waals surface area contributed by atoms with Gasteiger partial charge in [-0.25, -0.2) is 0 Å². The van der Waals surface area contributed by atoms with Gasteiger partial charge in [-0.1, -0.05) is 43.2 Å². The fraction of sp³-hybridized carbons (Fsp3) is 0.444. The normalized spacial score (nSPS) is 12.9. The van der Waals surface area contributed by atoms with Crippen molar-refractivity contribution in [3.05, 3.63) is 65.2 Å². The molecule has 2 rings (SSSR count). The Morgan fingerprint density at radius 3 is 2.20 bits per heavy atom. The number of carbonyl (C=O) groups is 3. The quantitative estimate of drug-likeness (QED) is 0.194. The number of amides is 2. The lowest BCUT2D eigenvalue weighted by molar-refractivity contribution is -0.137. The first-order valence-corrected chi connectivity index (χ1v) is 13.0. The number of rotatable bonds is 15. The van der Waals surface area contributed by atoms with Crippen LogP contribution < -0.4 is 28.0 Å². The highest BCUT2D eigenvalue weighted by Gasteiger charge is 2.30. The number of nitrogens with one attached hydrogen (secondary N) is 1. The van der Waals surface area contributed by atoms with Crippen LogP contribution in [0.5, 0.6) is 0 Å². The van der Waals surface area contributed by atoms with Crippen LogP contribution in [0.2, 0.25) is 6.82 Å². The third-order valence-corrected chi connectivity index (χ3v) is 6.39. The molecule has 2 amide bonds. The second-order valence-electron chi connectivity index (χ2n) is 9.63. The summed E-state index contributed by atoms with van der Waals surface area (Å²) in [7, 11) is 0. The minimum Gasteiger partial charge on any atom is -0.447 e. The molecule has 218 valence electrons. The Labute approximate surface area is 232 Å². The molecule has 2 atom stereocenters. The average Bonchev–Trinajstić information content (AvgIpc) is 2.90. The Morgan fingerprint density at radius 1 is 1.02 bits per heavy atom. The van der Waals surface area contributed by atoms with Crippen molar-refractivity contribution in [1.29, 1.82) is 0 Å². The first-order valence-electron chi connectivity index (χ1n) is 13.0. The molecule has 9 nitrogen and oxygen atoms in total. The molecule has 0 aliphatic rings. The maximum Gasteiger partial charge on any atom is 0.416 e. The van der Waals surface area contributed by atoms with Gasteiger partial charge < -0.3 is 32.4 Å². The molecule has 0 aliphatic heterocycles. The van der Waals surface area contributed by atoms with Gasteiger partial charge in [-0.05, 0) is 41.6 Å². The predicted molar refractivity (Wildman–Crippen MR) is 148 cm³/mol. The number of alkyl halides is 3. The van der Waals surface area contributed by atoms with E-state index >= 15 is 0 Å². The Bertz CT molecular complexity index is 1130. The van der Waals surface area contributed by atoms with Crippen molar-refractivity contribution in [2.24, 2.45) is 17.2 Å². The van der Waals surface area contributed by atoms with E-state index in [1.54, 1.807) is 31.1 Å². The molecule has 13 heteroatoms. The number of hydrogen-bond donors (Lipinski definition) is 5. The van der Waals surface area contributed by atoms with Gasteiger partial charge in [0.05, 0.1) is 17.6 Å². The topological polar surface area (TPSA) is 165 Å². The molecule has 8 N–H and O–H groups in total. The van der Waals surface area contributed by atoms with E-state index in [9.17, 15) is 32.6 Å². The van der Waals surface area contributed by atoms with E-state index in [0.29, 0.717) is 29.7 Å².